The molecule has 0 saturated heterocycles. The summed E-state index contributed by atoms with van der Waals surface area (Å²) in [5.41, 5.74) is 0. The SMILES string of the molecule is CC.CCC1C=CC=CC=C1. The molecule has 1 aliphatic carbocycles. The van der Waals surface area contributed by atoms with E-state index in [-0.39, 0.29) is 0 Å². The maximum atomic E-state index is 2.22. The molecule has 1 rings (SSSR count). The van der Waals surface area contributed by atoms with E-state index in [9.17, 15) is 0 Å². The van der Waals surface area contributed by atoms with Crippen LogP contribution in [0.5, 0.6) is 0 Å². The second-order valence-corrected chi connectivity index (χ2v) is 2.23. The first-order valence-electron chi connectivity index (χ1n) is 4.45. The molecule has 0 heteroatoms. The summed E-state index contributed by atoms with van der Waals surface area (Å²) in [6.45, 7) is 6.20. The van der Waals surface area contributed by atoms with Crippen molar-refractivity contribution in [3.8, 4) is 0 Å². The third-order valence-electron chi connectivity index (χ3n) is 1.52. The van der Waals surface area contributed by atoms with Gasteiger partial charge in [0.15, 0.2) is 0 Å². The zero-order valence-electron chi connectivity index (χ0n) is 7.75. The van der Waals surface area contributed by atoms with Crippen LogP contribution >= 0.6 is 0 Å². The molecule has 0 aliphatic heterocycles. The Morgan fingerprint density at radius 1 is 0.909 bits per heavy atom. The summed E-state index contributed by atoms with van der Waals surface area (Å²) in [4.78, 5) is 0. The number of allylic oxidation sites excluding steroid dienone is 6. The first-order valence-corrected chi connectivity index (χ1v) is 4.45. The normalized spacial score (nSPS) is 15.5. The second kappa shape index (κ2) is 7.33. The maximum Gasteiger partial charge on any atom is -0.00499 e. The Morgan fingerprint density at radius 2 is 1.36 bits per heavy atom. The van der Waals surface area contributed by atoms with Gasteiger partial charge < -0.3 is 0 Å². The standard InChI is InChI=1S/C9H12.C2H6/c1-2-9-7-5-3-4-6-8-9;1-2/h3-9H,2H2,1H3;1-2H3. The van der Waals surface area contributed by atoms with E-state index in [2.05, 4.69) is 43.4 Å². The van der Waals surface area contributed by atoms with Crippen LogP contribution in [-0.2, 0) is 0 Å². The largest absolute Gasteiger partial charge is 0.0776 e. The molecule has 0 bridgehead atoms. The van der Waals surface area contributed by atoms with E-state index in [0.717, 1.165) is 0 Å². The van der Waals surface area contributed by atoms with E-state index < -0.39 is 0 Å². The Kier molecular flexibility index (Phi) is 6.81. The highest BCUT2D eigenvalue weighted by Gasteiger charge is 1.93. The minimum absolute atomic E-state index is 0.653. The highest BCUT2D eigenvalue weighted by Crippen LogP contribution is 2.08. The van der Waals surface area contributed by atoms with Crippen molar-refractivity contribution in [3.63, 3.8) is 0 Å². The molecule has 62 valence electrons. The van der Waals surface area contributed by atoms with Crippen LogP contribution in [-0.4, -0.2) is 0 Å². The number of hydrogen-bond acceptors (Lipinski definition) is 0. The van der Waals surface area contributed by atoms with Crippen LogP contribution in [0.25, 0.3) is 0 Å². The molecule has 1 aliphatic rings. The van der Waals surface area contributed by atoms with Gasteiger partial charge in [-0.2, -0.15) is 0 Å². The van der Waals surface area contributed by atoms with Crippen molar-refractivity contribution >= 4 is 0 Å². The summed E-state index contributed by atoms with van der Waals surface area (Å²) in [5.74, 6) is 0.653. The van der Waals surface area contributed by atoms with Crippen molar-refractivity contribution in [2.75, 3.05) is 0 Å². The lowest BCUT2D eigenvalue weighted by atomic mass is 10.1. The lowest BCUT2D eigenvalue weighted by Gasteiger charge is -1.98. The Bertz CT molecular complexity index is 133. The smallest absolute Gasteiger partial charge is 0.00499 e. The molecule has 0 nitrogen and oxygen atoms in total. The van der Waals surface area contributed by atoms with Crippen molar-refractivity contribution in [2.24, 2.45) is 5.92 Å². The summed E-state index contributed by atoms with van der Waals surface area (Å²) in [6, 6.07) is 0. The van der Waals surface area contributed by atoms with Gasteiger partial charge in [0, 0.05) is 0 Å². The van der Waals surface area contributed by atoms with Gasteiger partial charge in [0.05, 0.1) is 0 Å². The van der Waals surface area contributed by atoms with Crippen molar-refractivity contribution in [1.82, 2.24) is 0 Å². The van der Waals surface area contributed by atoms with Crippen molar-refractivity contribution in [1.29, 1.82) is 0 Å². The molecule has 0 aromatic rings. The minimum Gasteiger partial charge on any atom is -0.0776 e. The van der Waals surface area contributed by atoms with E-state index in [1.807, 2.05) is 13.8 Å². The lowest BCUT2D eigenvalue weighted by Crippen LogP contribution is -1.85. The van der Waals surface area contributed by atoms with Crippen molar-refractivity contribution < 1.29 is 0 Å². The van der Waals surface area contributed by atoms with Gasteiger partial charge >= 0.3 is 0 Å². The fraction of sp³-hybridized carbons (Fsp3) is 0.455. The van der Waals surface area contributed by atoms with Gasteiger partial charge in [-0.05, 0) is 12.3 Å². The Hall–Kier alpha value is -0.780. The topological polar surface area (TPSA) is 0 Å². The predicted octanol–water partition coefficient (Wildman–Crippen LogP) is 3.72. The zero-order valence-corrected chi connectivity index (χ0v) is 7.75. The lowest BCUT2D eigenvalue weighted by molar-refractivity contribution is 0.775. The van der Waals surface area contributed by atoms with Crippen LogP contribution in [0.4, 0.5) is 0 Å². The molecular formula is C11H18. The van der Waals surface area contributed by atoms with Gasteiger partial charge in [0.25, 0.3) is 0 Å². The molecule has 0 aromatic carbocycles. The average Bonchev–Trinajstić information content (AvgIpc) is 2.35. The third kappa shape index (κ3) is 4.60. The molecule has 0 amide bonds. The molecule has 0 fully saturated rings. The van der Waals surface area contributed by atoms with Crippen LogP contribution in [0.1, 0.15) is 27.2 Å². The molecule has 11 heavy (non-hydrogen) atoms. The van der Waals surface area contributed by atoms with Crippen molar-refractivity contribution in [3.05, 3.63) is 36.5 Å². The fourth-order valence-electron chi connectivity index (χ4n) is 0.878. The predicted molar refractivity (Wildman–Crippen MR) is 52.5 cm³/mol. The fourth-order valence-corrected chi connectivity index (χ4v) is 0.878. The Morgan fingerprint density at radius 3 is 1.73 bits per heavy atom. The third-order valence-corrected chi connectivity index (χ3v) is 1.52. The van der Waals surface area contributed by atoms with Crippen LogP contribution < -0.4 is 0 Å². The van der Waals surface area contributed by atoms with Crippen LogP contribution in [0.2, 0.25) is 0 Å². The van der Waals surface area contributed by atoms with E-state index in [1.165, 1.54) is 6.42 Å². The van der Waals surface area contributed by atoms with Gasteiger partial charge in [0.1, 0.15) is 0 Å². The first kappa shape index (κ1) is 10.2. The summed E-state index contributed by atoms with van der Waals surface area (Å²) < 4.78 is 0. The van der Waals surface area contributed by atoms with Gasteiger partial charge in [-0.15, -0.1) is 0 Å². The molecule has 0 atom stereocenters. The second-order valence-electron chi connectivity index (χ2n) is 2.23. The Labute approximate surface area is 70.3 Å². The molecule has 0 N–H and O–H groups in total. The van der Waals surface area contributed by atoms with Gasteiger partial charge in [-0.25, -0.2) is 0 Å². The monoisotopic (exact) mass is 150 g/mol. The molecule has 0 unspecified atom stereocenters. The summed E-state index contributed by atoms with van der Waals surface area (Å²) >= 11 is 0. The van der Waals surface area contributed by atoms with Crippen molar-refractivity contribution in [2.45, 2.75) is 27.2 Å². The average molecular weight is 150 g/mol. The highest BCUT2D eigenvalue weighted by molar-refractivity contribution is 5.18. The zero-order chi connectivity index (χ0) is 8.53. The van der Waals surface area contributed by atoms with E-state index >= 15 is 0 Å². The molecule has 0 saturated carbocycles. The maximum absolute atomic E-state index is 2.22. The minimum atomic E-state index is 0.653. The van der Waals surface area contributed by atoms with Gasteiger partial charge in [-0.1, -0.05) is 57.2 Å². The molecule has 0 spiro atoms. The summed E-state index contributed by atoms with van der Waals surface area (Å²) in [7, 11) is 0. The molecule has 0 aromatic heterocycles. The first-order chi connectivity index (χ1) is 5.43. The highest BCUT2D eigenvalue weighted by atomic mass is 14.0. The molecular weight excluding hydrogens is 132 g/mol. The summed E-state index contributed by atoms with van der Waals surface area (Å²) in [6.07, 6.45) is 14.0. The summed E-state index contributed by atoms with van der Waals surface area (Å²) in [5, 5.41) is 0. The van der Waals surface area contributed by atoms with Crippen LogP contribution in [0.3, 0.4) is 0 Å². The van der Waals surface area contributed by atoms with Gasteiger partial charge in [0.2, 0.25) is 0 Å². The van der Waals surface area contributed by atoms with E-state index in [1.54, 1.807) is 0 Å². The van der Waals surface area contributed by atoms with E-state index in [4.69, 9.17) is 0 Å². The van der Waals surface area contributed by atoms with Crippen LogP contribution in [0.15, 0.2) is 36.5 Å². The van der Waals surface area contributed by atoms with Gasteiger partial charge in [-0.3, -0.25) is 0 Å². The molecule has 0 radical (unpaired) electrons. The number of rotatable bonds is 1. The molecule has 0 heterocycles. The van der Waals surface area contributed by atoms with Crippen LogP contribution in [0, 0.1) is 5.92 Å². The quantitative estimate of drug-likeness (QED) is 0.534. The Balaban J connectivity index is 0.000000461. The van der Waals surface area contributed by atoms with E-state index in [0.29, 0.717) is 5.92 Å². The number of hydrogen-bond donors (Lipinski definition) is 0.